The molecule has 0 aromatic carbocycles. The number of aliphatic hydroxyl groups excluding tert-OH is 1. The van der Waals surface area contributed by atoms with Gasteiger partial charge in [-0.3, -0.25) is 9.88 Å². The minimum atomic E-state index is -0.968. The molecule has 2 fully saturated rings. The van der Waals surface area contributed by atoms with Crippen LogP contribution in [0.4, 0.5) is 0 Å². The van der Waals surface area contributed by atoms with Crippen molar-refractivity contribution in [1.82, 2.24) is 5.32 Å². The van der Waals surface area contributed by atoms with Crippen LogP contribution in [0.15, 0.2) is 0 Å². The first-order valence-corrected chi connectivity index (χ1v) is 18.9. The van der Waals surface area contributed by atoms with Crippen molar-refractivity contribution in [1.29, 1.82) is 0 Å². The molecule has 6 heteroatoms. The van der Waals surface area contributed by atoms with Gasteiger partial charge in [-0.2, -0.15) is 24.4 Å². The molecule has 0 amide bonds. The Morgan fingerprint density at radius 2 is 1.62 bits per heavy atom. The zero-order valence-corrected chi connectivity index (χ0v) is 25.9. The van der Waals surface area contributed by atoms with Gasteiger partial charge in [0, 0.05) is 22.5 Å². The van der Waals surface area contributed by atoms with Crippen LogP contribution in [0.3, 0.4) is 0 Å². The molecule has 0 aromatic rings. The molecule has 1 aliphatic carbocycles. The number of hydrogen-bond acceptors (Lipinski definition) is 4. The lowest BCUT2D eigenvalue weighted by Gasteiger charge is -2.50. The predicted octanol–water partition coefficient (Wildman–Crippen LogP) is 7.04. The molecule has 0 spiro atoms. The van der Waals surface area contributed by atoms with Crippen molar-refractivity contribution in [2.45, 2.75) is 127 Å². The highest BCUT2D eigenvalue weighted by molar-refractivity contribution is 8.49. The van der Waals surface area contributed by atoms with Crippen molar-refractivity contribution in [3.63, 3.8) is 0 Å². The van der Waals surface area contributed by atoms with Gasteiger partial charge < -0.3 is 10.4 Å². The number of rotatable bonds is 8. The fourth-order valence-electron chi connectivity index (χ4n) is 6.27. The second-order valence-electron chi connectivity index (χ2n) is 12.1. The van der Waals surface area contributed by atoms with Crippen LogP contribution in [0.2, 0.25) is 0 Å². The molecular weight excluding hydrogens is 473 g/mol. The normalized spacial score (nSPS) is 34.2. The highest BCUT2D eigenvalue weighted by atomic mass is 32.3. The lowest BCUT2D eigenvalue weighted by molar-refractivity contribution is 0.0355. The second-order valence-corrected chi connectivity index (χ2v) is 18.3. The summed E-state index contributed by atoms with van der Waals surface area (Å²) in [5, 5.41) is 16.5. The maximum absolute atomic E-state index is 11.6. The highest BCUT2D eigenvalue weighted by Crippen LogP contribution is 2.55. The summed E-state index contributed by atoms with van der Waals surface area (Å²) >= 11 is 7.25. The lowest BCUT2D eigenvalue weighted by atomic mass is 9.70. The molecule has 2 aliphatic rings. The zero-order valence-electron chi connectivity index (χ0n) is 23.3. The Bertz CT molecular complexity index is 552. The van der Waals surface area contributed by atoms with Gasteiger partial charge in [-0.25, -0.2) is 0 Å². The van der Waals surface area contributed by atoms with E-state index in [-0.39, 0.29) is 10.9 Å². The van der Waals surface area contributed by atoms with E-state index in [1.54, 1.807) is 0 Å². The molecule has 0 bridgehead atoms. The quantitative estimate of drug-likeness (QED) is 0.232. The van der Waals surface area contributed by atoms with Crippen molar-refractivity contribution in [2.24, 2.45) is 17.3 Å². The Morgan fingerprint density at radius 1 is 1.00 bits per heavy atom. The topological polar surface area (TPSA) is 32.3 Å². The number of nitrogens with one attached hydrogen (secondary N) is 1. The Kier molecular flexibility index (Phi) is 14.8. The van der Waals surface area contributed by atoms with Crippen molar-refractivity contribution >= 4 is 41.4 Å². The Morgan fingerprint density at radius 3 is 2.32 bits per heavy atom. The van der Waals surface area contributed by atoms with Crippen LogP contribution in [-0.2, 0) is 0 Å². The molecule has 1 saturated heterocycles. The summed E-state index contributed by atoms with van der Waals surface area (Å²) in [7, 11) is 1.38. The molecule has 0 radical (unpaired) electrons. The van der Waals surface area contributed by atoms with Gasteiger partial charge >= 0.3 is 0 Å². The number of thioether (sulfide) groups is 1. The number of aliphatic hydroxyl groups is 1. The predicted molar refractivity (Wildman–Crippen MR) is 166 cm³/mol. The first kappa shape index (κ1) is 31.3. The lowest BCUT2D eigenvalue weighted by Crippen LogP contribution is -2.42. The molecule has 1 heterocycles. The van der Waals surface area contributed by atoms with Crippen LogP contribution >= 0.6 is 34.3 Å². The van der Waals surface area contributed by atoms with E-state index in [0.29, 0.717) is 16.4 Å². The summed E-state index contributed by atoms with van der Waals surface area (Å²) in [6.45, 7) is 9.35. The molecule has 2 nitrogen and oxygen atoms in total. The summed E-state index contributed by atoms with van der Waals surface area (Å²) < 4.78 is 0. The van der Waals surface area contributed by atoms with E-state index < -0.39 is 9.88 Å². The SMILES string of the molecule is BS(C)(CC)C(O)[C@@](C)(CC)[C@@H]1CCCCCC[C@H](CS[C@H]2CNCCCCC[C@H]2S)CCC1. The molecule has 2 rings (SSSR count). The fourth-order valence-corrected chi connectivity index (χ4v) is 10.4. The van der Waals surface area contributed by atoms with Gasteiger partial charge in [0.1, 0.15) is 0 Å². The van der Waals surface area contributed by atoms with E-state index >= 15 is 0 Å². The summed E-state index contributed by atoms with van der Waals surface area (Å²) in [5.74, 6) is 3.96. The van der Waals surface area contributed by atoms with Crippen LogP contribution in [0.25, 0.3) is 0 Å². The van der Waals surface area contributed by atoms with Gasteiger partial charge in [0.2, 0.25) is 0 Å². The molecule has 2 N–H and O–H groups in total. The average molecular weight is 532 g/mol. The molecule has 34 heavy (non-hydrogen) atoms. The fraction of sp³-hybridized carbons (Fsp3) is 1.00. The molecule has 2 unspecified atom stereocenters. The Labute approximate surface area is 225 Å². The summed E-state index contributed by atoms with van der Waals surface area (Å²) in [6, 6.07) is 0. The molecule has 0 aromatic heterocycles. The van der Waals surface area contributed by atoms with Gasteiger partial charge in [0.05, 0.1) is 5.44 Å². The third-order valence-electron chi connectivity index (χ3n) is 9.36. The van der Waals surface area contributed by atoms with Gasteiger partial charge in [-0.05, 0) is 81.1 Å². The smallest absolute Gasteiger partial charge is 0.156 e. The minimum Gasteiger partial charge on any atom is -0.384 e. The molecule has 7 atom stereocenters. The van der Waals surface area contributed by atoms with Crippen LogP contribution in [0.5, 0.6) is 0 Å². The van der Waals surface area contributed by atoms with E-state index in [1.165, 1.54) is 95.8 Å². The summed E-state index contributed by atoms with van der Waals surface area (Å²) in [4.78, 5) is 0. The van der Waals surface area contributed by atoms with Crippen LogP contribution in [0, 0.1) is 17.3 Å². The number of thiol groups is 1. The van der Waals surface area contributed by atoms with E-state index in [1.807, 2.05) is 0 Å². The highest BCUT2D eigenvalue weighted by Gasteiger charge is 2.43. The first-order chi connectivity index (χ1) is 16.2. The standard InChI is InChI=1S/C28H58BNOS3/c1-5-28(3,27(31)34(4,29)6-2)24-17-11-8-7-10-15-23(16-14-18-24)22-33-26-21-30-20-13-9-12-19-25(26)32/h23-27,30-32H,5-22,29H2,1-4H3/t23-,24+,25+,26-,27?,28-/m0/s1. The maximum atomic E-state index is 11.6. The van der Waals surface area contributed by atoms with E-state index in [9.17, 15) is 5.11 Å². The van der Waals surface area contributed by atoms with E-state index in [0.717, 1.165) is 24.6 Å². The molecule has 1 saturated carbocycles. The van der Waals surface area contributed by atoms with Crippen molar-refractivity contribution in [2.75, 3.05) is 30.9 Å². The van der Waals surface area contributed by atoms with Crippen LogP contribution < -0.4 is 5.32 Å². The molecular formula is C28H58BNOS3. The third kappa shape index (κ3) is 9.73. The number of hydrogen-bond donors (Lipinski definition) is 3. The average Bonchev–Trinajstić information content (AvgIpc) is 2.89. The second kappa shape index (κ2) is 16.1. The Hall–Kier alpha value is 1.03. The maximum Gasteiger partial charge on any atom is 0.156 e. The largest absolute Gasteiger partial charge is 0.384 e. The summed E-state index contributed by atoms with van der Waals surface area (Å²) in [5.41, 5.74) is -0.0743. The van der Waals surface area contributed by atoms with Gasteiger partial charge in [-0.15, -0.1) is 0 Å². The molecule has 1 aliphatic heterocycles. The van der Waals surface area contributed by atoms with Crippen molar-refractivity contribution in [3.8, 4) is 0 Å². The van der Waals surface area contributed by atoms with Crippen LogP contribution in [0.1, 0.15) is 111 Å². The van der Waals surface area contributed by atoms with Gasteiger partial charge in [0.25, 0.3) is 0 Å². The van der Waals surface area contributed by atoms with E-state index in [4.69, 9.17) is 12.6 Å². The van der Waals surface area contributed by atoms with Gasteiger partial charge in [0.15, 0.2) is 7.12 Å². The zero-order chi connectivity index (χ0) is 25.0. The Balaban J connectivity index is 1.99. The van der Waals surface area contributed by atoms with Crippen LogP contribution in [-0.4, -0.2) is 59.0 Å². The van der Waals surface area contributed by atoms with Crippen molar-refractivity contribution < 1.29 is 5.11 Å². The van der Waals surface area contributed by atoms with Crippen molar-refractivity contribution in [3.05, 3.63) is 0 Å². The first-order valence-electron chi connectivity index (χ1n) is 14.6. The summed E-state index contributed by atoms with van der Waals surface area (Å²) in [6.07, 6.45) is 21.0. The molecule has 202 valence electrons. The van der Waals surface area contributed by atoms with E-state index in [2.05, 4.69) is 51.2 Å². The minimum absolute atomic E-state index is 0.0649. The van der Waals surface area contributed by atoms with Gasteiger partial charge in [-0.1, -0.05) is 65.7 Å². The monoisotopic (exact) mass is 531 g/mol. The third-order valence-corrected chi connectivity index (χ3v) is 15.0.